The molecule has 0 bridgehead atoms. The van der Waals surface area contributed by atoms with Gasteiger partial charge in [-0.3, -0.25) is 0 Å². The zero-order valence-electron chi connectivity index (χ0n) is 11.3. The number of hydrogen-bond donors (Lipinski definition) is 0. The minimum atomic E-state index is -2.77. The van der Waals surface area contributed by atoms with Gasteiger partial charge >= 0.3 is 8.80 Å². The molecule has 1 rings (SSSR count). The highest BCUT2D eigenvalue weighted by Crippen LogP contribution is 2.10. The Morgan fingerprint density at radius 3 is 2.06 bits per heavy atom. The Balaban J connectivity index is 2.89. The van der Waals surface area contributed by atoms with Crippen LogP contribution in [0, 0.1) is 0 Å². The lowest BCUT2D eigenvalue weighted by molar-refractivity contribution is 0.122. The van der Waals surface area contributed by atoms with Crippen LogP contribution in [0.5, 0.6) is 0 Å². The Morgan fingerprint density at radius 2 is 1.56 bits per heavy atom. The normalized spacial score (nSPS) is 12.4. The molecule has 6 heteroatoms. The van der Waals surface area contributed by atoms with Crippen molar-refractivity contribution in [3.63, 3.8) is 0 Å². The maximum absolute atomic E-state index is 5.95. The van der Waals surface area contributed by atoms with Crippen LogP contribution < -0.4 is 5.19 Å². The Hall–Kier alpha value is -0.506. The van der Waals surface area contributed by atoms with E-state index in [-0.39, 0.29) is 0 Å². The van der Waals surface area contributed by atoms with Crippen LogP contribution in [0.2, 0.25) is 0 Å². The minimum Gasteiger partial charge on any atom is -0.400 e. The van der Waals surface area contributed by atoms with Crippen molar-refractivity contribution in [2.75, 3.05) is 19.8 Å². The van der Waals surface area contributed by atoms with Crippen LogP contribution in [0.1, 0.15) is 20.8 Å². The molecule has 0 fully saturated rings. The standard InChI is InChI=1S/C12H22O4Si2/c1-4-13-17-16-18(14-5-2,15-6-3)12-10-8-7-9-11-12/h7-11H,4-6,17H2,1-3H3. The van der Waals surface area contributed by atoms with Crippen molar-refractivity contribution >= 4 is 24.0 Å². The van der Waals surface area contributed by atoms with Gasteiger partial charge < -0.3 is 17.4 Å². The first-order valence-corrected chi connectivity index (χ1v) is 9.22. The zero-order valence-corrected chi connectivity index (χ0v) is 13.8. The molecule has 0 unspecified atom stereocenters. The molecule has 1 aromatic rings. The molecule has 0 saturated carbocycles. The van der Waals surface area contributed by atoms with Gasteiger partial charge in [-0.2, -0.15) is 0 Å². The molecule has 0 amide bonds. The minimum absolute atomic E-state index is 0.571. The number of rotatable bonds is 9. The highest BCUT2D eigenvalue weighted by Gasteiger charge is 2.42. The van der Waals surface area contributed by atoms with Crippen LogP contribution in [0.25, 0.3) is 0 Å². The van der Waals surface area contributed by atoms with Gasteiger partial charge in [-0.05, 0) is 20.8 Å². The second-order valence-corrected chi connectivity index (χ2v) is 7.61. The molecule has 18 heavy (non-hydrogen) atoms. The predicted molar refractivity (Wildman–Crippen MR) is 76.3 cm³/mol. The monoisotopic (exact) mass is 286 g/mol. The highest BCUT2D eigenvalue weighted by molar-refractivity contribution is 6.78. The molecule has 0 saturated heterocycles. The van der Waals surface area contributed by atoms with E-state index in [1.54, 1.807) is 0 Å². The van der Waals surface area contributed by atoms with E-state index in [1.165, 1.54) is 0 Å². The van der Waals surface area contributed by atoms with Gasteiger partial charge in [-0.25, -0.2) is 0 Å². The summed E-state index contributed by atoms with van der Waals surface area (Å²) in [5, 5.41) is 1.00. The first kappa shape index (κ1) is 15.6. The van der Waals surface area contributed by atoms with Crippen LogP contribution in [-0.2, 0) is 17.4 Å². The first-order chi connectivity index (χ1) is 8.79. The molecule has 0 aliphatic rings. The van der Waals surface area contributed by atoms with Gasteiger partial charge in [0.25, 0.3) is 10.0 Å². The summed E-state index contributed by atoms with van der Waals surface area (Å²) >= 11 is 0. The summed E-state index contributed by atoms with van der Waals surface area (Å²) in [7, 11) is -3.84. The average molecular weight is 286 g/mol. The fourth-order valence-corrected chi connectivity index (χ4v) is 5.83. The lowest BCUT2D eigenvalue weighted by Gasteiger charge is -2.29. The molecule has 0 heterocycles. The van der Waals surface area contributed by atoms with Crippen molar-refractivity contribution in [1.82, 2.24) is 0 Å². The maximum atomic E-state index is 5.95. The van der Waals surface area contributed by atoms with Gasteiger partial charge in [0.1, 0.15) is 0 Å². The van der Waals surface area contributed by atoms with Gasteiger partial charge in [0.05, 0.1) is 0 Å². The summed E-state index contributed by atoms with van der Waals surface area (Å²) in [6.45, 7) is 7.68. The van der Waals surface area contributed by atoms with E-state index in [0.717, 1.165) is 5.19 Å². The maximum Gasteiger partial charge on any atom is 0.527 e. The van der Waals surface area contributed by atoms with Gasteiger partial charge in [0, 0.05) is 25.0 Å². The molecular formula is C12H22O4Si2. The lowest BCUT2D eigenvalue weighted by atomic mass is 10.4. The summed E-state index contributed by atoms with van der Waals surface area (Å²) < 4.78 is 23.0. The van der Waals surface area contributed by atoms with E-state index in [4.69, 9.17) is 17.4 Å². The molecule has 1 aromatic carbocycles. The molecule has 0 N–H and O–H groups in total. The summed E-state index contributed by atoms with van der Waals surface area (Å²) in [5.74, 6) is 0. The topological polar surface area (TPSA) is 36.9 Å². The summed E-state index contributed by atoms with van der Waals surface area (Å²) in [6, 6.07) is 9.91. The molecule has 0 aromatic heterocycles. The molecule has 4 nitrogen and oxygen atoms in total. The quantitative estimate of drug-likeness (QED) is 0.500. The third kappa shape index (κ3) is 4.31. The Bertz CT molecular complexity index is 315. The van der Waals surface area contributed by atoms with Crippen LogP contribution in [0.3, 0.4) is 0 Å². The number of hydrogen-bond acceptors (Lipinski definition) is 4. The van der Waals surface area contributed by atoms with E-state index in [2.05, 4.69) is 0 Å². The Morgan fingerprint density at radius 1 is 0.944 bits per heavy atom. The third-order valence-corrected chi connectivity index (χ3v) is 7.28. The summed E-state index contributed by atoms with van der Waals surface area (Å²) in [4.78, 5) is 0. The Labute approximate surface area is 113 Å². The molecule has 102 valence electrons. The average Bonchev–Trinajstić information content (AvgIpc) is 2.40. The van der Waals surface area contributed by atoms with E-state index >= 15 is 0 Å². The van der Waals surface area contributed by atoms with E-state index < -0.39 is 18.8 Å². The van der Waals surface area contributed by atoms with Gasteiger partial charge in [0.15, 0.2) is 0 Å². The summed E-state index contributed by atoms with van der Waals surface area (Å²) in [6.07, 6.45) is 0. The van der Waals surface area contributed by atoms with Crippen molar-refractivity contribution in [3.05, 3.63) is 30.3 Å². The van der Waals surface area contributed by atoms with Crippen LogP contribution in [0.15, 0.2) is 30.3 Å². The van der Waals surface area contributed by atoms with Crippen molar-refractivity contribution in [2.24, 2.45) is 0 Å². The van der Waals surface area contributed by atoms with Gasteiger partial charge in [-0.15, -0.1) is 0 Å². The van der Waals surface area contributed by atoms with Gasteiger partial charge in [-0.1, -0.05) is 30.3 Å². The zero-order chi connectivity index (χ0) is 13.3. The predicted octanol–water partition coefficient (Wildman–Crippen LogP) is 0.957. The van der Waals surface area contributed by atoms with Crippen LogP contribution in [0.4, 0.5) is 0 Å². The molecule has 0 aliphatic carbocycles. The second kappa shape index (κ2) is 8.57. The van der Waals surface area contributed by atoms with Crippen molar-refractivity contribution < 1.29 is 17.4 Å². The lowest BCUT2D eigenvalue weighted by Crippen LogP contribution is -2.57. The smallest absolute Gasteiger partial charge is 0.400 e. The molecule has 0 aliphatic heterocycles. The SMILES string of the molecule is CCO[SiH2]O[Si](OCC)(OCC)c1ccccc1. The molecular weight excluding hydrogens is 264 g/mol. The van der Waals surface area contributed by atoms with Crippen molar-refractivity contribution in [3.8, 4) is 0 Å². The van der Waals surface area contributed by atoms with Crippen LogP contribution in [-0.4, -0.2) is 38.6 Å². The Kier molecular flexibility index (Phi) is 7.40. The van der Waals surface area contributed by atoms with Gasteiger partial charge in [0.2, 0.25) is 0 Å². The van der Waals surface area contributed by atoms with E-state index in [0.29, 0.717) is 19.8 Å². The highest BCUT2D eigenvalue weighted by atomic mass is 28.4. The largest absolute Gasteiger partial charge is 0.527 e. The molecule has 0 radical (unpaired) electrons. The number of benzene rings is 1. The van der Waals surface area contributed by atoms with Crippen molar-refractivity contribution in [1.29, 1.82) is 0 Å². The fraction of sp³-hybridized carbons (Fsp3) is 0.500. The third-order valence-electron chi connectivity index (χ3n) is 2.33. The van der Waals surface area contributed by atoms with Crippen LogP contribution >= 0.6 is 0 Å². The van der Waals surface area contributed by atoms with Crippen molar-refractivity contribution in [2.45, 2.75) is 20.8 Å². The first-order valence-electron chi connectivity index (χ1n) is 6.34. The molecule has 0 spiro atoms. The fourth-order valence-electron chi connectivity index (χ4n) is 1.60. The molecule has 0 atom stereocenters. The van der Waals surface area contributed by atoms with E-state index in [1.807, 2.05) is 51.1 Å². The summed E-state index contributed by atoms with van der Waals surface area (Å²) in [5.41, 5.74) is 0. The van der Waals surface area contributed by atoms with E-state index in [9.17, 15) is 0 Å². The second-order valence-electron chi connectivity index (χ2n) is 3.54.